The Kier molecular flexibility index (Phi) is 8.39. The third kappa shape index (κ3) is 6.36. The van der Waals surface area contributed by atoms with Crippen LogP contribution in [0.5, 0.6) is 11.5 Å². The normalized spacial score (nSPS) is 23.9. The standard InChI is InChI=1S/C25H37F3N2O4/c1-14(2)8-17-12-30-7-6-16-9-22(33-13-25(26,27)28)21(32-5)10-18(16)19(30)11-20(17)34-24(31)23(29)15(3)4/h9-10,14-15,17,19-20,23H,6-8,11-13,29H2,1-5H3/t17-,19-,20-,23+/m1/s1. The molecule has 1 aromatic carbocycles. The molecular weight excluding hydrogens is 449 g/mol. The first-order valence-electron chi connectivity index (χ1n) is 12.0. The highest BCUT2D eigenvalue weighted by atomic mass is 19.4. The number of carbonyl (C=O) groups is 1. The molecule has 0 unspecified atom stereocenters. The van der Waals surface area contributed by atoms with E-state index in [1.165, 1.54) is 7.11 Å². The van der Waals surface area contributed by atoms with E-state index in [-0.39, 0.29) is 41.4 Å². The second kappa shape index (κ2) is 10.7. The monoisotopic (exact) mass is 486 g/mol. The molecule has 2 aliphatic heterocycles. The van der Waals surface area contributed by atoms with E-state index in [2.05, 4.69) is 18.7 Å². The Bertz CT molecular complexity index is 859. The molecule has 6 nitrogen and oxygen atoms in total. The van der Waals surface area contributed by atoms with Crippen molar-refractivity contribution < 1.29 is 32.2 Å². The summed E-state index contributed by atoms with van der Waals surface area (Å²) in [6.45, 7) is 8.29. The summed E-state index contributed by atoms with van der Waals surface area (Å²) in [5.41, 5.74) is 7.97. The van der Waals surface area contributed by atoms with E-state index >= 15 is 0 Å². The first kappa shape index (κ1) is 26.6. The Morgan fingerprint density at radius 3 is 2.50 bits per heavy atom. The third-order valence-electron chi connectivity index (χ3n) is 6.77. The van der Waals surface area contributed by atoms with E-state index in [4.69, 9.17) is 19.9 Å². The van der Waals surface area contributed by atoms with Crippen molar-refractivity contribution in [3.8, 4) is 11.5 Å². The van der Waals surface area contributed by atoms with Gasteiger partial charge in [-0.2, -0.15) is 13.2 Å². The molecule has 34 heavy (non-hydrogen) atoms. The Morgan fingerprint density at radius 2 is 1.91 bits per heavy atom. The summed E-state index contributed by atoms with van der Waals surface area (Å²) in [5, 5.41) is 0. The molecule has 4 atom stereocenters. The zero-order valence-corrected chi connectivity index (χ0v) is 20.7. The zero-order chi connectivity index (χ0) is 25.2. The summed E-state index contributed by atoms with van der Waals surface area (Å²) < 4.78 is 54.5. The van der Waals surface area contributed by atoms with Gasteiger partial charge >= 0.3 is 12.1 Å². The minimum Gasteiger partial charge on any atom is -0.493 e. The highest BCUT2D eigenvalue weighted by Gasteiger charge is 2.42. The van der Waals surface area contributed by atoms with Gasteiger partial charge in [0.25, 0.3) is 0 Å². The zero-order valence-electron chi connectivity index (χ0n) is 20.7. The molecule has 1 fully saturated rings. The molecule has 1 saturated heterocycles. The van der Waals surface area contributed by atoms with Crippen LogP contribution in [0, 0.1) is 17.8 Å². The van der Waals surface area contributed by atoms with Crippen LogP contribution in [-0.4, -0.2) is 56.0 Å². The van der Waals surface area contributed by atoms with Gasteiger partial charge < -0.3 is 19.9 Å². The topological polar surface area (TPSA) is 74.0 Å². The van der Waals surface area contributed by atoms with Crippen molar-refractivity contribution in [2.75, 3.05) is 26.8 Å². The molecule has 3 rings (SSSR count). The van der Waals surface area contributed by atoms with Crippen molar-refractivity contribution in [2.24, 2.45) is 23.5 Å². The number of halogens is 3. The quantitative estimate of drug-likeness (QED) is 0.546. The van der Waals surface area contributed by atoms with Crippen LogP contribution in [0.25, 0.3) is 0 Å². The number of benzene rings is 1. The molecule has 192 valence electrons. The van der Waals surface area contributed by atoms with E-state index < -0.39 is 18.8 Å². The highest BCUT2D eigenvalue weighted by molar-refractivity contribution is 5.76. The molecule has 1 aromatic rings. The summed E-state index contributed by atoms with van der Waals surface area (Å²) in [5.74, 6) is 0.595. The van der Waals surface area contributed by atoms with E-state index in [1.807, 2.05) is 13.8 Å². The molecule has 0 amide bonds. The number of piperidine rings is 1. The van der Waals surface area contributed by atoms with Gasteiger partial charge in [0.05, 0.1) is 7.11 Å². The van der Waals surface area contributed by atoms with Crippen molar-refractivity contribution in [3.05, 3.63) is 23.3 Å². The lowest BCUT2D eigenvalue weighted by atomic mass is 9.79. The number of nitrogens with two attached hydrogens (primary N) is 1. The predicted octanol–water partition coefficient (Wildman–Crippen LogP) is 4.50. The Balaban J connectivity index is 1.87. The molecule has 0 aromatic heterocycles. The fourth-order valence-electron chi connectivity index (χ4n) is 4.99. The minimum absolute atomic E-state index is 0.0223. The van der Waals surface area contributed by atoms with Gasteiger partial charge in [0.1, 0.15) is 12.1 Å². The molecule has 2 heterocycles. The molecular formula is C25H37F3N2O4. The average Bonchev–Trinajstić information content (AvgIpc) is 2.75. The number of fused-ring (bicyclic) bond motifs is 3. The van der Waals surface area contributed by atoms with Crippen LogP contribution in [0.2, 0.25) is 0 Å². The SMILES string of the molecule is COc1cc2c(cc1OCC(F)(F)F)CCN1C[C@@H](CC(C)C)[C@H](OC(=O)[C@@H](N)C(C)C)C[C@H]21. The number of nitrogens with zero attached hydrogens (tertiary/aromatic N) is 1. The number of ether oxygens (including phenoxy) is 3. The van der Waals surface area contributed by atoms with Gasteiger partial charge in [0.15, 0.2) is 18.1 Å². The molecule has 0 aliphatic carbocycles. The second-order valence-corrected chi connectivity index (χ2v) is 10.2. The maximum Gasteiger partial charge on any atom is 0.422 e. The van der Waals surface area contributed by atoms with Crippen molar-refractivity contribution in [2.45, 2.75) is 71.3 Å². The van der Waals surface area contributed by atoms with Crippen molar-refractivity contribution in [1.82, 2.24) is 4.90 Å². The van der Waals surface area contributed by atoms with Gasteiger partial charge in [-0.3, -0.25) is 9.69 Å². The number of rotatable bonds is 8. The van der Waals surface area contributed by atoms with E-state index in [9.17, 15) is 18.0 Å². The van der Waals surface area contributed by atoms with E-state index in [0.29, 0.717) is 18.8 Å². The number of hydrogen-bond acceptors (Lipinski definition) is 6. The first-order chi connectivity index (χ1) is 15.9. The summed E-state index contributed by atoms with van der Waals surface area (Å²) >= 11 is 0. The molecule has 2 aliphatic rings. The predicted molar refractivity (Wildman–Crippen MR) is 123 cm³/mol. The number of esters is 1. The lowest BCUT2D eigenvalue weighted by molar-refractivity contribution is -0.160. The fraction of sp³-hybridized carbons (Fsp3) is 0.720. The maximum atomic E-state index is 12.7. The molecule has 9 heteroatoms. The van der Waals surface area contributed by atoms with E-state index in [0.717, 1.165) is 30.6 Å². The molecule has 0 saturated carbocycles. The van der Waals surface area contributed by atoms with Crippen LogP contribution in [0.3, 0.4) is 0 Å². The average molecular weight is 487 g/mol. The smallest absolute Gasteiger partial charge is 0.422 e. The van der Waals surface area contributed by atoms with E-state index in [1.54, 1.807) is 12.1 Å². The van der Waals surface area contributed by atoms with Gasteiger partial charge in [0.2, 0.25) is 0 Å². The van der Waals surface area contributed by atoms with Crippen LogP contribution in [0.4, 0.5) is 13.2 Å². The Morgan fingerprint density at radius 1 is 1.21 bits per heavy atom. The molecule has 0 radical (unpaired) electrons. The van der Waals surface area contributed by atoms with Crippen molar-refractivity contribution in [3.63, 3.8) is 0 Å². The number of alkyl halides is 3. The van der Waals surface area contributed by atoms with Crippen molar-refractivity contribution in [1.29, 1.82) is 0 Å². The maximum absolute atomic E-state index is 12.7. The second-order valence-electron chi connectivity index (χ2n) is 10.2. The third-order valence-corrected chi connectivity index (χ3v) is 6.77. The van der Waals surface area contributed by atoms with Gasteiger partial charge in [-0.05, 0) is 47.9 Å². The van der Waals surface area contributed by atoms with Crippen LogP contribution < -0.4 is 15.2 Å². The summed E-state index contributed by atoms with van der Waals surface area (Å²) in [6.07, 6.45) is -2.47. The lowest BCUT2D eigenvalue weighted by Gasteiger charge is -2.47. The lowest BCUT2D eigenvalue weighted by Crippen LogP contribution is -2.51. The fourth-order valence-corrected chi connectivity index (χ4v) is 4.99. The van der Waals surface area contributed by atoms with Gasteiger partial charge in [-0.15, -0.1) is 0 Å². The molecule has 2 N–H and O–H groups in total. The molecule has 0 spiro atoms. The number of carbonyl (C=O) groups excluding carboxylic acids is 1. The van der Waals surface area contributed by atoms with Gasteiger partial charge in [-0.25, -0.2) is 0 Å². The van der Waals surface area contributed by atoms with Crippen LogP contribution in [0.1, 0.15) is 57.7 Å². The highest BCUT2D eigenvalue weighted by Crippen LogP contribution is 2.44. The van der Waals surface area contributed by atoms with Crippen LogP contribution in [-0.2, 0) is 16.0 Å². The Hall–Kier alpha value is -2.00. The van der Waals surface area contributed by atoms with Gasteiger partial charge in [-0.1, -0.05) is 27.7 Å². The van der Waals surface area contributed by atoms with Crippen LogP contribution in [0.15, 0.2) is 12.1 Å². The first-order valence-corrected chi connectivity index (χ1v) is 12.0. The van der Waals surface area contributed by atoms with Crippen LogP contribution >= 0.6 is 0 Å². The van der Waals surface area contributed by atoms with Crippen molar-refractivity contribution >= 4 is 5.97 Å². The summed E-state index contributed by atoms with van der Waals surface area (Å²) in [7, 11) is 1.42. The Labute approximate surface area is 199 Å². The number of methoxy groups -OCH3 is 1. The largest absolute Gasteiger partial charge is 0.493 e. The summed E-state index contributed by atoms with van der Waals surface area (Å²) in [6, 6.07) is 2.74. The molecule has 0 bridgehead atoms. The summed E-state index contributed by atoms with van der Waals surface area (Å²) in [4.78, 5) is 15.1. The number of hydrogen-bond donors (Lipinski definition) is 1. The van der Waals surface area contributed by atoms with Gasteiger partial charge in [0, 0.05) is 31.5 Å². The minimum atomic E-state index is -4.43.